The zero-order valence-corrected chi connectivity index (χ0v) is 11.6. The number of H-pyrrole nitrogens is 1. The van der Waals surface area contributed by atoms with Crippen LogP contribution in [-0.4, -0.2) is 18.4 Å². The number of rotatable bonds is 5. The van der Waals surface area contributed by atoms with Crippen molar-refractivity contribution in [2.45, 2.75) is 25.7 Å². The fraction of sp³-hybridized carbons (Fsp3) is 0.312. The number of aromatic nitrogens is 1. The molecule has 3 nitrogen and oxygen atoms in total. The molecule has 3 heteroatoms. The molecule has 0 spiro atoms. The summed E-state index contributed by atoms with van der Waals surface area (Å²) in [5, 5.41) is 1.04. The van der Waals surface area contributed by atoms with Crippen LogP contribution in [-0.2, 0) is 10.2 Å². The predicted molar refractivity (Wildman–Crippen MR) is 77.8 cm³/mol. The zero-order chi connectivity index (χ0) is 14.0. The molecule has 0 aliphatic carbocycles. The van der Waals surface area contributed by atoms with E-state index < -0.39 is 5.41 Å². The summed E-state index contributed by atoms with van der Waals surface area (Å²) in [5.74, 6) is 0.751. The van der Waals surface area contributed by atoms with Gasteiger partial charge in [0, 0.05) is 22.7 Å². The van der Waals surface area contributed by atoms with E-state index in [0.29, 0.717) is 6.42 Å². The van der Waals surface area contributed by atoms with Gasteiger partial charge in [-0.1, -0.05) is 6.08 Å². The molecule has 1 aromatic carbocycles. The van der Waals surface area contributed by atoms with Gasteiger partial charge < -0.3 is 14.5 Å². The first-order valence-electron chi connectivity index (χ1n) is 6.29. The predicted octanol–water partition coefficient (Wildman–Crippen LogP) is 3.52. The van der Waals surface area contributed by atoms with Crippen LogP contribution in [0.5, 0.6) is 5.75 Å². The van der Waals surface area contributed by atoms with Gasteiger partial charge in [-0.3, -0.25) is 0 Å². The van der Waals surface area contributed by atoms with Crippen molar-refractivity contribution in [3.05, 3.63) is 42.1 Å². The summed E-state index contributed by atoms with van der Waals surface area (Å²) in [4.78, 5) is 14.8. The lowest BCUT2D eigenvalue weighted by Gasteiger charge is -2.25. The molecule has 2 rings (SSSR count). The van der Waals surface area contributed by atoms with E-state index in [-0.39, 0.29) is 0 Å². The highest BCUT2D eigenvalue weighted by molar-refractivity contribution is 5.92. The van der Waals surface area contributed by atoms with E-state index in [1.165, 1.54) is 0 Å². The number of aromatic amines is 1. The maximum Gasteiger partial charge on any atom is 0.130 e. The van der Waals surface area contributed by atoms with E-state index in [0.717, 1.165) is 34.1 Å². The number of benzene rings is 1. The van der Waals surface area contributed by atoms with Gasteiger partial charge >= 0.3 is 0 Å². The second kappa shape index (κ2) is 4.92. The van der Waals surface area contributed by atoms with Crippen LogP contribution in [0.25, 0.3) is 10.9 Å². The van der Waals surface area contributed by atoms with Gasteiger partial charge in [0.25, 0.3) is 0 Å². The van der Waals surface area contributed by atoms with Crippen LogP contribution in [0.1, 0.15) is 24.5 Å². The Kier molecular flexibility index (Phi) is 3.47. The summed E-state index contributed by atoms with van der Waals surface area (Å²) in [6.45, 7) is 7.70. The Morgan fingerprint density at radius 2 is 2.26 bits per heavy atom. The molecule has 0 aliphatic rings. The highest BCUT2D eigenvalue weighted by Crippen LogP contribution is 2.40. The number of nitrogens with one attached hydrogen (secondary N) is 1. The van der Waals surface area contributed by atoms with Crippen molar-refractivity contribution >= 4 is 17.2 Å². The lowest BCUT2D eigenvalue weighted by Crippen LogP contribution is -2.24. The summed E-state index contributed by atoms with van der Waals surface area (Å²) in [5.41, 5.74) is 2.45. The minimum Gasteiger partial charge on any atom is -0.496 e. The molecule has 1 N–H and O–H groups in total. The molecule has 0 fully saturated rings. The Morgan fingerprint density at radius 1 is 1.53 bits per heavy atom. The Labute approximate surface area is 113 Å². The van der Waals surface area contributed by atoms with E-state index in [4.69, 9.17) is 4.74 Å². The standard InChI is InChI=1S/C16H19NO2/c1-5-7-16(3,10-18)14-12-6-8-17-15(12)11(2)9-13(14)19-4/h5-6,8-10,17H,1,7H2,2-4H3. The lowest BCUT2D eigenvalue weighted by molar-refractivity contribution is -0.112. The molecular formula is C16H19NO2. The van der Waals surface area contributed by atoms with Gasteiger partial charge in [0.15, 0.2) is 0 Å². The van der Waals surface area contributed by atoms with Crippen molar-refractivity contribution in [3.63, 3.8) is 0 Å². The zero-order valence-electron chi connectivity index (χ0n) is 11.6. The first-order chi connectivity index (χ1) is 9.07. The molecule has 2 aromatic rings. The van der Waals surface area contributed by atoms with Crippen LogP contribution in [0.3, 0.4) is 0 Å². The number of methoxy groups -OCH3 is 1. The van der Waals surface area contributed by atoms with Crippen molar-refractivity contribution < 1.29 is 9.53 Å². The van der Waals surface area contributed by atoms with Crippen molar-refractivity contribution in [2.75, 3.05) is 7.11 Å². The number of allylic oxidation sites excluding steroid dienone is 1. The fourth-order valence-corrected chi connectivity index (χ4v) is 2.64. The first kappa shape index (κ1) is 13.4. The smallest absolute Gasteiger partial charge is 0.130 e. The normalized spacial score (nSPS) is 14.1. The summed E-state index contributed by atoms with van der Waals surface area (Å²) in [6, 6.07) is 3.96. The Hall–Kier alpha value is -2.03. The minimum absolute atomic E-state index is 0.580. The second-order valence-corrected chi connectivity index (χ2v) is 5.07. The molecule has 1 atom stereocenters. The maximum absolute atomic E-state index is 11.6. The first-order valence-corrected chi connectivity index (χ1v) is 6.29. The number of carbonyl (C=O) groups is 1. The number of hydrogen-bond donors (Lipinski definition) is 1. The van der Waals surface area contributed by atoms with Crippen LogP contribution in [0.15, 0.2) is 31.0 Å². The second-order valence-electron chi connectivity index (χ2n) is 5.07. The number of carbonyl (C=O) groups excluding carboxylic acids is 1. The summed E-state index contributed by atoms with van der Waals surface area (Å²) >= 11 is 0. The quantitative estimate of drug-likeness (QED) is 0.657. The molecule has 0 amide bonds. The molecule has 0 aliphatic heterocycles. The molecule has 100 valence electrons. The van der Waals surface area contributed by atoms with Gasteiger partial charge in [0.1, 0.15) is 12.0 Å². The van der Waals surface area contributed by atoms with Crippen LogP contribution >= 0.6 is 0 Å². The molecule has 0 bridgehead atoms. The molecule has 1 unspecified atom stereocenters. The lowest BCUT2D eigenvalue weighted by atomic mass is 9.78. The van der Waals surface area contributed by atoms with Crippen molar-refractivity contribution in [1.29, 1.82) is 0 Å². The minimum atomic E-state index is -0.624. The third-order valence-electron chi connectivity index (χ3n) is 3.62. The summed E-state index contributed by atoms with van der Waals surface area (Å²) < 4.78 is 5.49. The molecule has 0 saturated carbocycles. The van der Waals surface area contributed by atoms with Gasteiger partial charge in [-0.2, -0.15) is 0 Å². The molecule has 1 heterocycles. The SMILES string of the molecule is C=CCC(C)(C=O)c1c(OC)cc(C)c2[nH]ccc12. The molecular weight excluding hydrogens is 238 g/mol. The van der Waals surface area contributed by atoms with Crippen molar-refractivity contribution in [2.24, 2.45) is 0 Å². The van der Waals surface area contributed by atoms with Gasteiger partial charge in [0.05, 0.1) is 12.5 Å². The third kappa shape index (κ3) is 2.05. The van der Waals surface area contributed by atoms with E-state index in [1.807, 2.05) is 32.2 Å². The summed E-state index contributed by atoms with van der Waals surface area (Å²) in [7, 11) is 1.63. The van der Waals surface area contributed by atoms with Gasteiger partial charge in [0.2, 0.25) is 0 Å². The molecule has 0 saturated heterocycles. The highest BCUT2D eigenvalue weighted by atomic mass is 16.5. The molecule has 1 aromatic heterocycles. The monoisotopic (exact) mass is 257 g/mol. The topological polar surface area (TPSA) is 42.1 Å². The van der Waals surface area contributed by atoms with E-state index in [9.17, 15) is 4.79 Å². The van der Waals surface area contributed by atoms with Crippen molar-refractivity contribution in [3.8, 4) is 5.75 Å². The van der Waals surface area contributed by atoms with Gasteiger partial charge in [-0.05, 0) is 38.0 Å². The van der Waals surface area contributed by atoms with Crippen molar-refractivity contribution in [1.82, 2.24) is 4.98 Å². The average molecular weight is 257 g/mol. The van der Waals surface area contributed by atoms with Gasteiger partial charge in [-0.25, -0.2) is 0 Å². The fourth-order valence-electron chi connectivity index (χ4n) is 2.64. The Bertz CT molecular complexity index is 627. The number of aryl methyl sites for hydroxylation is 1. The van der Waals surface area contributed by atoms with Crippen LogP contribution in [0.4, 0.5) is 0 Å². The summed E-state index contributed by atoms with van der Waals surface area (Å²) in [6.07, 6.45) is 5.22. The maximum atomic E-state index is 11.6. The third-order valence-corrected chi connectivity index (χ3v) is 3.62. The van der Waals surface area contributed by atoms with E-state index >= 15 is 0 Å². The van der Waals surface area contributed by atoms with Crippen LogP contribution in [0.2, 0.25) is 0 Å². The largest absolute Gasteiger partial charge is 0.496 e. The number of hydrogen-bond acceptors (Lipinski definition) is 2. The van der Waals surface area contributed by atoms with E-state index in [2.05, 4.69) is 11.6 Å². The van der Waals surface area contributed by atoms with Crippen LogP contribution in [0, 0.1) is 6.92 Å². The van der Waals surface area contributed by atoms with Gasteiger partial charge in [-0.15, -0.1) is 6.58 Å². The molecule has 0 radical (unpaired) electrons. The molecule has 19 heavy (non-hydrogen) atoms. The Morgan fingerprint density at radius 3 is 2.84 bits per heavy atom. The highest BCUT2D eigenvalue weighted by Gasteiger charge is 2.31. The van der Waals surface area contributed by atoms with E-state index in [1.54, 1.807) is 13.2 Å². The number of fused-ring (bicyclic) bond motifs is 1. The average Bonchev–Trinajstić information content (AvgIpc) is 2.88. The van der Waals surface area contributed by atoms with Crippen LogP contribution < -0.4 is 4.74 Å². The Balaban J connectivity index is 2.83. The number of ether oxygens (including phenoxy) is 1. The number of aldehydes is 1.